The molecule has 13 nitrogen and oxygen atoms in total. The third kappa shape index (κ3) is 9.18. The molecule has 0 aliphatic heterocycles. The van der Waals surface area contributed by atoms with E-state index in [1.807, 2.05) is 48.5 Å². The zero-order valence-electron chi connectivity index (χ0n) is 32.6. The van der Waals surface area contributed by atoms with Crippen molar-refractivity contribution in [2.45, 2.75) is 57.0 Å². The van der Waals surface area contributed by atoms with E-state index >= 15 is 0 Å². The maximum Gasteiger partial charge on any atom is 0.273 e. The maximum absolute atomic E-state index is 11.9. The number of nitrogen functional groups attached to an aromatic ring is 2. The Bertz CT molecular complexity index is 2420. The summed E-state index contributed by atoms with van der Waals surface area (Å²) < 4.78 is 0. The predicted molar refractivity (Wildman–Crippen MR) is 225 cm³/mol. The Labute approximate surface area is 337 Å². The van der Waals surface area contributed by atoms with Gasteiger partial charge in [0.1, 0.15) is 0 Å². The number of benzene rings is 4. The minimum absolute atomic E-state index is 0.0916. The first-order chi connectivity index (χ1) is 28.2. The molecule has 0 saturated carbocycles. The van der Waals surface area contributed by atoms with Crippen molar-refractivity contribution in [3.8, 4) is 22.5 Å². The molecule has 3 atom stereocenters. The molecule has 2 heterocycles. The van der Waals surface area contributed by atoms with Crippen molar-refractivity contribution in [2.24, 2.45) is 0 Å². The summed E-state index contributed by atoms with van der Waals surface area (Å²) in [5.74, 6) is -0.487. The Morgan fingerprint density at radius 1 is 0.672 bits per heavy atom. The number of fused-ring (bicyclic) bond motifs is 2. The second kappa shape index (κ2) is 18.2. The lowest BCUT2D eigenvalue weighted by molar-refractivity contribution is 0.0951. The molecule has 2 amide bonds. The number of hydrogen-bond donors (Lipinski definition) is 7. The zero-order chi connectivity index (χ0) is 40.6. The van der Waals surface area contributed by atoms with Gasteiger partial charge in [0.05, 0.1) is 35.9 Å². The number of aliphatic hydroxyl groups is 1. The van der Waals surface area contributed by atoms with Crippen LogP contribution in [0, 0.1) is 0 Å². The Morgan fingerprint density at radius 3 is 1.79 bits per heavy atom. The number of rotatable bonds is 10. The normalized spacial score (nSPS) is 16.6. The van der Waals surface area contributed by atoms with Crippen LogP contribution in [-0.2, 0) is 32.4 Å². The highest BCUT2D eigenvalue weighted by molar-refractivity contribution is 5.97. The fourth-order valence-corrected chi connectivity index (χ4v) is 7.51. The van der Waals surface area contributed by atoms with Gasteiger partial charge in [-0.2, -0.15) is 0 Å². The molecule has 58 heavy (non-hydrogen) atoms. The largest absolute Gasteiger partial charge is 0.391 e. The van der Waals surface area contributed by atoms with E-state index in [1.165, 1.54) is 29.3 Å². The molecule has 0 spiro atoms. The van der Waals surface area contributed by atoms with Crippen LogP contribution in [0.1, 0.15) is 66.8 Å². The molecule has 0 bridgehead atoms. The van der Waals surface area contributed by atoms with E-state index in [-0.39, 0.29) is 40.9 Å². The molecule has 6 aromatic rings. The van der Waals surface area contributed by atoms with Gasteiger partial charge in [-0.25, -0.2) is 19.9 Å². The van der Waals surface area contributed by atoms with Gasteiger partial charge in [0.25, 0.3) is 11.8 Å². The van der Waals surface area contributed by atoms with Crippen LogP contribution in [0.5, 0.6) is 0 Å². The highest BCUT2D eigenvalue weighted by Gasteiger charge is 2.30. The number of hydrogen-bond acceptors (Lipinski definition) is 11. The van der Waals surface area contributed by atoms with Crippen molar-refractivity contribution in [3.63, 3.8) is 0 Å². The summed E-state index contributed by atoms with van der Waals surface area (Å²) in [6, 6.07) is 33.2. The van der Waals surface area contributed by atoms with Gasteiger partial charge < -0.3 is 37.8 Å². The number of nitrogens with one attached hydrogen (secondary N) is 4. The summed E-state index contributed by atoms with van der Waals surface area (Å²) in [5.41, 5.74) is 22.3. The standard InChI is InChI=1S/C23H25N5O.C22H23N5O2/c1-25-23(29)21-22(24)27-14-20(28-21)18-8-4-5-15(11-18)13-26-19-10-9-16-6-2-3-7-17(16)12-19;1-24-22(29)20-21(23)26-12-17(27-20)15-7-4-5-13(9-15)11-25-19-16-8-3-2-6-14(16)10-18(19)28/h2-8,11,14,19,26H,9-10,12-13H2,1H3,(H2,24,27)(H,25,29);2-9,12,18-19,25,28H,10-11H2,1H3,(H2,23,26)(H,24,29)/t19-;18-,19+/m01/s1. The van der Waals surface area contributed by atoms with E-state index in [2.05, 4.69) is 89.7 Å². The number of carbonyl (C=O) groups is 2. The third-order valence-electron chi connectivity index (χ3n) is 10.6. The number of carbonyl (C=O) groups excluding carboxylic acids is 2. The fraction of sp³-hybridized carbons (Fsp3) is 0.244. The average Bonchev–Trinajstić information content (AvgIpc) is 3.59. The molecule has 2 aliphatic rings. The highest BCUT2D eigenvalue weighted by Crippen LogP contribution is 2.32. The second-order valence-electron chi connectivity index (χ2n) is 14.5. The maximum atomic E-state index is 11.9. The van der Waals surface area contributed by atoms with E-state index in [1.54, 1.807) is 19.4 Å². The van der Waals surface area contributed by atoms with Crippen LogP contribution in [0.25, 0.3) is 22.5 Å². The summed E-state index contributed by atoms with van der Waals surface area (Å²) in [6.45, 7) is 1.37. The first-order valence-corrected chi connectivity index (χ1v) is 19.4. The monoisotopic (exact) mass is 776 g/mol. The average molecular weight is 777 g/mol. The molecule has 13 heteroatoms. The van der Waals surface area contributed by atoms with Crippen LogP contribution in [-0.4, -0.2) is 63.1 Å². The summed E-state index contributed by atoms with van der Waals surface area (Å²) in [7, 11) is 3.07. The van der Waals surface area contributed by atoms with Crippen LogP contribution >= 0.6 is 0 Å². The van der Waals surface area contributed by atoms with Crippen molar-refractivity contribution in [1.29, 1.82) is 0 Å². The van der Waals surface area contributed by atoms with Crippen LogP contribution < -0.4 is 32.7 Å². The molecular formula is C45H48N10O3. The minimum atomic E-state index is -0.436. The van der Waals surface area contributed by atoms with E-state index in [4.69, 9.17) is 11.5 Å². The van der Waals surface area contributed by atoms with Crippen molar-refractivity contribution >= 4 is 23.5 Å². The van der Waals surface area contributed by atoms with Crippen molar-refractivity contribution < 1.29 is 14.7 Å². The number of aliphatic hydroxyl groups excluding tert-OH is 1. The summed E-state index contributed by atoms with van der Waals surface area (Å²) >= 11 is 0. The number of amides is 2. The lowest BCUT2D eigenvalue weighted by atomic mass is 9.88. The van der Waals surface area contributed by atoms with Crippen LogP contribution in [0.15, 0.2) is 109 Å². The van der Waals surface area contributed by atoms with Gasteiger partial charge in [-0.15, -0.1) is 0 Å². The molecule has 2 aliphatic carbocycles. The van der Waals surface area contributed by atoms with E-state index in [0.717, 1.165) is 48.1 Å². The SMILES string of the molecule is CNC(=O)c1nc(-c2cccc(CN[C@H]3CCc4ccccc4C3)c2)cnc1N.CNC(=O)c1nc(-c2cccc(CN[C@H]3c4ccccc4C[C@H]3O)c2)cnc1N. The quantitative estimate of drug-likeness (QED) is 0.103. The Hall–Kier alpha value is -6.54. The first-order valence-electron chi connectivity index (χ1n) is 19.4. The molecule has 296 valence electrons. The van der Waals surface area contributed by atoms with E-state index < -0.39 is 6.10 Å². The van der Waals surface area contributed by atoms with Gasteiger partial charge in [-0.1, -0.05) is 84.9 Å². The molecule has 8 rings (SSSR count). The Morgan fingerprint density at radius 2 is 1.21 bits per heavy atom. The first kappa shape index (κ1) is 39.7. The highest BCUT2D eigenvalue weighted by atomic mass is 16.3. The zero-order valence-corrected chi connectivity index (χ0v) is 32.6. The van der Waals surface area contributed by atoms with Gasteiger partial charge in [0.2, 0.25) is 0 Å². The Balaban J connectivity index is 0.000000177. The van der Waals surface area contributed by atoms with Gasteiger partial charge in [0, 0.05) is 50.8 Å². The Kier molecular flexibility index (Phi) is 12.4. The molecule has 0 radical (unpaired) electrons. The molecule has 2 aromatic heterocycles. The van der Waals surface area contributed by atoms with Gasteiger partial charge >= 0.3 is 0 Å². The lowest BCUT2D eigenvalue weighted by Gasteiger charge is -2.25. The van der Waals surface area contributed by atoms with Crippen molar-refractivity contribution in [2.75, 3.05) is 25.6 Å². The van der Waals surface area contributed by atoms with Crippen molar-refractivity contribution in [1.82, 2.24) is 41.2 Å². The summed E-state index contributed by atoms with van der Waals surface area (Å²) in [4.78, 5) is 40.9. The van der Waals surface area contributed by atoms with Gasteiger partial charge in [-0.05, 0) is 64.8 Å². The van der Waals surface area contributed by atoms with Crippen LogP contribution in [0.4, 0.5) is 11.6 Å². The number of aryl methyl sites for hydroxylation is 1. The van der Waals surface area contributed by atoms with Crippen LogP contribution in [0.2, 0.25) is 0 Å². The summed E-state index contributed by atoms with van der Waals surface area (Å²) in [5, 5.41) is 22.6. The topological polar surface area (TPSA) is 206 Å². The smallest absolute Gasteiger partial charge is 0.273 e. The molecule has 4 aromatic carbocycles. The fourth-order valence-electron chi connectivity index (χ4n) is 7.51. The molecule has 0 unspecified atom stereocenters. The van der Waals surface area contributed by atoms with Crippen molar-refractivity contribution in [3.05, 3.63) is 154 Å². The number of anilines is 2. The van der Waals surface area contributed by atoms with Gasteiger partial charge in [-0.3, -0.25) is 9.59 Å². The lowest BCUT2D eigenvalue weighted by Crippen LogP contribution is -2.34. The van der Waals surface area contributed by atoms with E-state index in [9.17, 15) is 14.7 Å². The molecule has 9 N–H and O–H groups in total. The minimum Gasteiger partial charge on any atom is -0.391 e. The number of nitrogens with zero attached hydrogens (tertiary/aromatic N) is 4. The number of aromatic nitrogens is 4. The number of nitrogens with two attached hydrogens (primary N) is 2. The molecular weight excluding hydrogens is 729 g/mol. The second-order valence-corrected chi connectivity index (χ2v) is 14.5. The predicted octanol–water partition coefficient (Wildman–Crippen LogP) is 4.57. The summed E-state index contributed by atoms with van der Waals surface area (Å²) in [6.07, 6.45) is 6.73. The van der Waals surface area contributed by atoms with Crippen LogP contribution in [0.3, 0.4) is 0 Å². The third-order valence-corrected chi connectivity index (χ3v) is 10.6. The van der Waals surface area contributed by atoms with E-state index in [0.29, 0.717) is 30.4 Å². The molecule has 0 saturated heterocycles. The van der Waals surface area contributed by atoms with Gasteiger partial charge in [0.15, 0.2) is 23.0 Å². The molecule has 0 fully saturated rings.